The number of aromatic nitrogens is 2. The molecule has 0 atom stereocenters. The van der Waals surface area contributed by atoms with E-state index in [4.69, 9.17) is 0 Å². The van der Waals surface area contributed by atoms with Crippen LogP contribution in [0.5, 0.6) is 0 Å². The van der Waals surface area contributed by atoms with Gasteiger partial charge in [0.25, 0.3) is 11.6 Å². The number of carbonyl (C=O) groups excluding carboxylic acids is 1. The fraction of sp³-hybridized carbons (Fsp3) is 0.238. The zero-order valence-corrected chi connectivity index (χ0v) is 16.1. The number of hydrogen-bond acceptors (Lipinski definition) is 4. The minimum atomic E-state index is -0.465. The van der Waals surface area contributed by atoms with Gasteiger partial charge in [-0.25, -0.2) is 4.39 Å². The first kappa shape index (κ1) is 18.8. The molecule has 0 saturated carbocycles. The summed E-state index contributed by atoms with van der Waals surface area (Å²) in [6.45, 7) is 2.15. The number of fused-ring (bicyclic) bond motifs is 1. The first-order valence-electron chi connectivity index (χ1n) is 9.25. The Morgan fingerprint density at radius 2 is 2.00 bits per heavy atom. The Morgan fingerprint density at radius 3 is 2.72 bits per heavy atom. The van der Waals surface area contributed by atoms with Crippen molar-refractivity contribution in [1.29, 1.82) is 0 Å². The Balaban J connectivity index is 1.71. The Bertz CT molecular complexity index is 1140. The topological polar surface area (TPSA) is 81.3 Å². The van der Waals surface area contributed by atoms with Crippen LogP contribution < -0.4 is 4.90 Å². The molecule has 1 aliphatic rings. The summed E-state index contributed by atoms with van der Waals surface area (Å²) in [6, 6.07) is 11.0. The van der Waals surface area contributed by atoms with Crippen molar-refractivity contribution in [1.82, 2.24) is 9.78 Å². The number of anilines is 1. The van der Waals surface area contributed by atoms with Gasteiger partial charge in [0.15, 0.2) is 5.69 Å². The molecule has 0 aliphatic carbocycles. The monoisotopic (exact) mass is 394 g/mol. The van der Waals surface area contributed by atoms with E-state index < -0.39 is 4.92 Å². The number of carbonyl (C=O) groups is 1. The largest absolute Gasteiger partial charge is 0.306 e. The van der Waals surface area contributed by atoms with Gasteiger partial charge in [0.1, 0.15) is 5.82 Å². The lowest BCUT2D eigenvalue weighted by molar-refractivity contribution is -0.384. The Hall–Kier alpha value is -3.55. The molecule has 4 rings (SSSR count). The van der Waals surface area contributed by atoms with Crippen LogP contribution >= 0.6 is 0 Å². The summed E-state index contributed by atoms with van der Waals surface area (Å²) < 4.78 is 15.2. The second-order valence-corrected chi connectivity index (χ2v) is 7.13. The molecule has 2 heterocycles. The summed E-state index contributed by atoms with van der Waals surface area (Å²) in [7, 11) is 1.72. The first-order valence-corrected chi connectivity index (χ1v) is 9.25. The van der Waals surface area contributed by atoms with Crippen LogP contribution in [0.25, 0.3) is 11.3 Å². The summed E-state index contributed by atoms with van der Waals surface area (Å²) >= 11 is 0. The van der Waals surface area contributed by atoms with Crippen molar-refractivity contribution in [3.63, 3.8) is 0 Å². The average Bonchev–Trinajstić information content (AvgIpc) is 3.10. The van der Waals surface area contributed by atoms with E-state index in [9.17, 15) is 19.3 Å². The normalized spacial score (nSPS) is 13.3. The van der Waals surface area contributed by atoms with E-state index in [1.54, 1.807) is 47.8 Å². The van der Waals surface area contributed by atoms with Gasteiger partial charge in [-0.2, -0.15) is 5.10 Å². The maximum absolute atomic E-state index is 13.6. The first-order chi connectivity index (χ1) is 13.8. The van der Waals surface area contributed by atoms with Crippen LogP contribution in [0, 0.1) is 22.9 Å². The second-order valence-electron chi connectivity index (χ2n) is 7.13. The highest BCUT2D eigenvalue weighted by atomic mass is 19.1. The van der Waals surface area contributed by atoms with Crippen LogP contribution in [0.2, 0.25) is 0 Å². The predicted octanol–water partition coefficient (Wildman–Crippen LogP) is 4.04. The van der Waals surface area contributed by atoms with Crippen molar-refractivity contribution in [2.45, 2.75) is 19.8 Å². The molecule has 0 bridgehead atoms. The third-order valence-corrected chi connectivity index (χ3v) is 5.20. The highest BCUT2D eigenvalue weighted by Crippen LogP contribution is 2.32. The van der Waals surface area contributed by atoms with Crippen LogP contribution in [0.3, 0.4) is 0 Å². The van der Waals surface area contributed by atoms with Crippen LogP contribution in [0.4, 0.5) is 15.8 Å². The summed E-state index contributed by atoms with van der Waals surface area (Å²) in [5.74, 6) is -0.606. The molecule has 0 saturated heterocycles. The lowest BCUT2D eigenvalue weighted by Crippen LogP contribution is -2.35. The van der Waals surface area contributed by atoms with Gasteiger partial charge in [-0.05, 0) is 55.2 Å². The van der Waals surface area contributed by atoms with E-state index in [0.29, 0.717) is 23.5 Å². The van der Waals surface area contributed by atoms with E-state index in [-0.39, 0.29) is 23.1 Å². The maximum Gasteiger partial charge on any atom is 0.278 e. The molecule has 7 nitrogen and oxygen atoms in total. The molecule has 29 heavy (non-hydrogen) atoms. The average molecular weight is 394 g/mol. The Morgan fingerprint density at radius 1 is 1.21 bits per heavy atom. The zero-order valence-electron chi connectivity index (χ0n) is 16.1. The van der Waals surface area contributed by atoms with E-state index >= 15 is 0 Å². The van der Waals surface area contributed by atoms with Gasteiger partial charge in [0, 0.05) is 31.3 Å². The molecule has 0 spiro atoms. The molecule has 8 heteroatoms. The van der Waals surface area contributed by atoms with E-state index in [0.717, 1.165) is 24.0 Å². The number of rotatable bonds is 3. The third-order valence-electron chi connectivity index (χ3n) is 5.20. The number of hydrogen-bond donors (Lipinski definition) is 0. The van der Waals surface area contributed by atoms with E-state index in [1.807, 2.05) is 0 Å². The lowest BCUT2D eigenvalue weighted by atomic mass is 10.0. The number of halogens is 1. The van der Waals surface area contributed by atoms with Gasteiger partial charge in [0.2, 0.25) is 0 Å². The smallest absolute Gasteiger partial charge is 0.278 e. The highest BCUT2D eigenvalue weighted by molar-refractivity contribution is 6.06. The number of nitro groups is 1. The van der Waals surface area contributed by atoms with E-state index in [1.165, 1.54) is 18.2 Å². The van der Waals surface area contributed by atoms with Crippen molar-refractivity contribution >= 4 is 17.3 Å². The SMILES string of the molecule is Cc1cc(-c2cc(C(=O)N3CCCc4ccc([N+](=O)[O-])cc43)nn2C)ccc1F. The van der Waals surface area contributed by atoms with Gasteiger partial charge < -0.3 is 4.90 Å². The van der Waals surface area contributed by atoms with Crippen molar-refractivity contribution in [2.24, 2.45) is 7.05 Å². The zero-order chi connectivity index (χ0) is 20.7. The van der Waals surface area contributed by atoms with Crippen LogP contribution in [0.1, 0.15) is 28.0 Å². The number of non-ortho nitro benzene ring substituents is 1. The molecule has 0 fully saturated rings. The predicted molar refractivity (Wildman–Crippen MR) is 106 cm³/mol. The molecule has 0 unspecified atom stereocenters. The molecule has 1 aliphatic heterocycles. The number of amides is 1. The number of nitro benzene ring substituents is 1. The van der Waals surface area contributed by atoms with Crippen molar-refractivity contribution in [3.8, 4) is 11.3 Å². The number of benzene rings is 2. The second kappa shape index (κ2) is 7.12. The molecule has 148 valence electrons. The molecule has 1 aromatic heterocycles. The van der Waals surface area contributed by atoms with E-state index in [2.05, 4.69) is 5.10 Å². The standard InChI is InChI=1S/C21H19FN4O3/c1-13-10-15(6-8-17(13)22)19-12-18(23-24(19)2)21(27)25-9-3-4-14-5-7-16(26(28)29)11-20(14)25/h5-8,10-12H,3-4,9H2,1-2H3. The summed E-state index contributed by atoms with van der Waals surface area (Å²) in [5.41, 5.74) is 3.60. The summed E-state index contributed by atoms with van der Waals surface area (Å²) in [5, 5.41) is 15.5. The quantitative estimate of drug-likeness (QED) is 0.496. The molecular formula is C21H19FN4O3. The fourth-order valence-electron chi connectivity index (χ4n) is 3.67. The van der Waals surface area contributed by atoms with Crippen molar-refractivity contribution in [3.05, 3.63) is 75.2 Å². The van der Waals surface area contributed by atoms with Gasteiger partial charge >= 0.3 is 0 Å². The molecule has 0 N–H and O–H groups in total. The van der Waals surface area contributed by atoms with Gasteiger partial charge in [-0.3, -0.25) is 19.6 Å². The van der Waals surface area contributed by atoms with Crippen molar-refractivity contribution in [2.75, 3.05) is 11.4 Å². The Labute approximate surface area is 166 Å². The summed E-state index contributed by atoms with van der Waals surface area (Å²) in [4.78, 5) is 25.4. The van der Waals surface area contributed by atoms with Crippen LogP contribution in [0.15, 0.2) is 42.5 Å². The molecule has 3 aromatic rings. The molecule has 1 amide bonds. The van der Waals surface area contributed by atoms with Gasteiger partial charge in [-0.15, -0.1) is 0 Å². The van der Waals surface area contributed by atoms with Gasteiger partial charge in [-0.1, -0.05) is 6.07 Å². The minimum Gasteiger partial charge on any atom is -0.306 e. The maximum atomic E-state index is 13.6. The Kier molecular flexibility index (Phi) is 4.62. The molecule has 2 aromatic carbocycles. The lowest BCUT2D eigenvalue weighted by Gasteiger charge is -2.28. The highest BCUT2D eigenvalue weighted by Gasteiger charge is 2.27. The molecule has 0 radical (unpaired) electrons. The van der Waals surface area contributed by atoms with Crippen LogP contribution in [-0.2, 0) is 13.5 Å². The third kappa shape index (κ3) is 3.37. The fourth-order valence-corrected chi connectivity index (χ4v) is 3.67. The molecular weight excluding hydrogens is 375 g/mol. The number of aryl methyl sites for hydroxylation is 3. The summed E-state index contributed by atoms with van der Waals surface area (Å²) in [6.07, 6.45) is 1.53. The minimum absolute atomic E-state index is 0.0491. The van der Waals surface area contributed by atoms with Crippen LogP contribution in [-0.4, -0.2) is 27.2 Å². The van der Waals surface area contributed by atoms with Gasteiger partial charge in [0.05, 0.1) is 16.3 Å². The number of nitrogens with zero attached hydrogens (tertiary/aromatic N) is 4. The van der Waals surface area contributed by atoms with Crippen molar-refractivity contribution < 1.29 is 14.1 Å².